The van der Waals surface area contributed by atoms with Crippen molar-refractivity contribution in [1.82, 2.24) is 10.5 Å². The zero-order chi connectivity index (χ0) is 10.7. The molecule has 0 aliphatic heterocycles. The van der Waals surface area contributed by atoms with Gasteiger partial charge in [-0.05, 0) is 25.7 Å². The summed E-state index contributed by atoms with van der Waals surface area (Å²) in [4.78, 5) is 11.6. The lowest BCUT2D eigenvalue weighted by Crippen LogP contribution is -2.40. The molecular formula is C10H15N3O2. The Bertz CT molecular complexity index is 315. The van der Waals surface area contributed by atoms with Crippen LogP contribution in [0.3, 0.4) is 0 Å². The smallest absolute Gasteiger partial charge is 0.273 e. The fraction of sp³-hybridized carbons (Fsp3) is 0.600. The molecule has 0 aromatic carbocycles. The molecule has 0 saturated heterocycles. The Morgan fingerprint density at radius 3 is 2.80 bits per heavy atom. The summed E-state index contributed by atoms with van der Waals surface area (Å²) in [6.45, 7) is 0. The van der Waals surface area contributed by atoms with Gasteiger partial charge in [-0.2, -0.15) is 0 Å². The van der Waals surface area contributed by atoms with Gasteiger partial charge in [0.2, 0.25) is 0 Å². The normalized spacial score (nSPS) is 26.2. The Balaban J connectivity index is 1.85. The van der Waals surface area contributed by atoms with E-state index >= 15 is 0 Å². The average Bonchev–Trinajstić information content (AvgIpc) is 2.74. The molecule has 1 aromatic heterocycles. The van der Waals surface area contributed by atoms with Crippen LogP contribution in [0.4, 0.5) is 0 Å². The first-order valence-electron chi connectivity index (χ1n) is 5.22. The van der Waals surface area contributed by atoms with Gasteiger partial charge in [0.15, 0.2) is 5.69 Å². The van der Waals surface area contributed by atoms with Gasteiger partial charge < -0.3 is 15.6 Å². The minimum absolute atomic E-state index is 0.163. The molecule has 2 rings (SSSR count). The second kappa shape index (κ2) is 4.44. The van der Waals surface area contributed by atoms with E-state index in [0.717, 1.165) is 25.7 Å². The molecule has 0 unspecified atom stereocenters. The summed E-state index contributed by atoms with van der Waals surface area (Å²) in [7, 11) is 0. The summed E-state index contributed by atoms with van der Waals surface area (Å²) >= 11 is 0. The molecule has 3 N–H and O–H groups in total. The lowest BCUT2D eigenvalue weighted by atomic mass is 9.92. The summed E-state index contributed by atoms with van der Waals surface area (Å²) < 4.78 is 4.61. The molecule has 1 heterocycles. The Morgan fingerprint density at radius 1 is 1.47 bits per heavy atom. The molecule has 0 spiro atoms. The van der Waals surface area contributed by atoms with Crippen molar-refractivity contribution >= 4 is 5.91 Å². The molecule has 1 fully saturated rings. The summed E-state index contributed by atoms with van der Waals surface area (Å²) in [6.07, 6.45) is 5.24. The Morgan fingerprint density at radius 2 is 2.20 bits per heavy atom. The van der Waals surface area contributed by atoms with Gasteiger partial charge in [-0.3, -0.25) is 4.79 Å². The fourth-order valence-corrected chi connectivity index (χ4v) is 1.85. The van der Waals surface area contributed by atoms with Gasteiger partial charge in [0.25, 0.3) is 5.91 Å². The maximum absolute atomic E-state index is 11.6. The first kappa shape index (κ1) is 10.2. The second-order valence-corrected chi connectivity index (χ2v) is 3.97. The summed E-state index contributed by atoms with van der Waals surface area (Å²) in [5.74, 6) is -0.163. The lowest BCUT2D eigenvalue weighted by molar-refractivity contribution is 0.0916. The standard InChI is InChI=1S/C10H15N3O2/c11-7-1-3-8(4-2-7)12-10(14)9-5-6-15-13-9/h5-8H,1-4,11H2,(H,12,14). The van der Waals surface area contributed by atoms with E-state index in [1.165, 1.54) is 6.26 Å². The fourth-order valence-electron chi connectivity index (χ4n) is 1.85. The molecule has 1 amide bonds. The zero-order valence-corrected chi connectivity index (χ0v) is 8.48. The van der Waals surface area contributed by atoms with Crippen LogP contribution in [0.2, 0.25) is 0 Å². The van der Waals surface area contributed by atoms with E-state index in [4.69, 9.17) is 5.73 Å². The minimum atomic E-state index is -0.163. The Kier molecular flexibility index (Phi) is 3.01. The van der Waals surface area contributed by atoms with Crippen molar-refractivity contribution in [1.29, 1.82) is 0 Å². The van der Waals surface area contributed by atoms with Gasteiger partial charge in [0.1, 0.15) is 6.26 Å². The molecule has 5 heteroatoms. The van der Waals surface area contributed by atoms with Gasteiger partial charge in [0, 0.05) is 18.2 Å². The second-order valence-electron chi connectivity index (χ2n) is 3.97. The number of hydrogen-bond donors (Lipinski definition) is 2. The third-order valence-electron chi connectivity index (χ3n) is 2.78. The van der Waals surface area contributed by atoms with Gasteiger partial charge in [-0.25, -0.2) is 0 Å². The van der Waals surface area contributed by atoms with E-state index in [2.05, 4.69) is 15.0 Å². The van der Waals surface area contributed by atoms with Crippen molar-refractivity contribution < 1.29 is 9.32 Å². The van der Waals surface area contributed by atoms with Crippen LogP contribution in [0.25, 0.3) is 0 Å². The number of carbonyl (C=O) groups excluding carboxylic acids is 1. The predicted molar refractivity (Wildman–Crippen MR) is 54.2 cm³/mol. The SMILES string of the molecule is NC1CCC(NC(=O)c2ccon2)CC1. The maximum atomic E-state index is 11.6. The van der Waals surface area contributed by atoms with Crippen LogP contribution in [0.5, 0.6) is 0 Å². The predicted octanol–water partition coefficient (Wildman–Crippen LogP) is 0.674. The van der Waals surface area contributed by atoms with Crippen molar-refractivity contribution in [3.63, 3.8) is 0 Å². The van der Waals surface area contributed by atoms with E-state index in [1.54, 1.807) is 6.07 Å². The van der Waals surface area contributed by atoms with Gasteiger partial charge >= 0.3 is 0 Å². The number of nitrogens with two attached hydrogens (primary N) is 1. The molecule has 1 aliphatic carbocycles. The maximum Gasteiger partial charge on any atom is 0.273 e. The van der Waals surface area contributed by atoms with Crippen molar-refractivity contribution in [2.45, 2.75) is 37.8 Å². The van der Waals surface area contributed by atoms with E-state index < -0.39 is 0 Å². The summed E-state index contributed by atoms with van der Waals surface area (Å²) in [5.41, 5.74) is 6.12. The Labute approximate surface area is 88.0 Å². The number of rotatable bonds is 2. The molecule has 1 aromatic rings. The van der Waals surface area contributed by atoms with Crippen LogP contribution in [-0.2, 0) is 0 Å². The number of amides is 1. The Hall–Kier alpha value is -1.36. The molecule has 0 atom stereocenters. The molecule has 5 nitrogen and oxygen atoms in total. The highest BCUT2D eigenvalue weighted by Crippen LogP contribution is 2.17. The molecule has 1 aliphatic rings. The summed E-state index contributed by atoms with van der Waals surface area (Å²) in [6, 6.07) is 2.09. The van der Waals surface area contributed by atoms with E-state index in [9.17, 15) is 4.79 Å². The molecule has 1 saturated carbocycles. The van der Waals surface area contributed by atoms with Crippen LogP contribution >= 0.6 is 0 Å². The highest BCUT2D eigenvalue weighted by atomic mass is 16.5. The van der Waals surface area contributed by atoms with Gasteiger partial charge in [-0.1, -0.05) is 5.16 Å². The van der Waals surface area contributed by atoms with Crippen molar-refractivity contribution in [2.75, 3.05) is 0 Å². The topological polar surface area (TPSA) is 81.1 Å². The zero-order valence-electron chi connectivity index (χ0n) is 8.48. The number of nitrogens with zero attached hydrogens (tertiary/aromatic N) is 1. The third kappa shape index (κ3) is 2.56. The van der Waals surface area contributed by atoms with Gasteiger partial charge in [-0.15, -0.1) is 0 Å². The monoisotopic (exact) mass is 209 g/mol. The van der Waals surface area contributed by atoms with Crippen LogP contribution in [0.1, 0.15) is 36.2 Å². The lowest BCUT2D eigenvalue weighted by Gasteiger charge is -2.26. The molecule has 0 bridgehead atoms. The molecular weight excluding hydrogens is 194 g/mol. The van der Waals surface area contributed by atoms with Crippen molar-refractivity contribution in [3.05, 3.63) is 18.0 Å². The highest BCUT2D eigenvalue weighted by molar-refractivity contribution is 5.92. The molecule has 15 heavy (non-hydrogen) atoms. The van der Waals surface area contributed by atoms with E-state index in [1.807, 2.05) is 0 Å². The number of hydrogen-bond acceptors (Lipinski definition) is 4. The summed E-state index contributed by atoms with van der Waals surface area (Å²) in [5, 5.41) is 6.51. The molecule has 82 valence electrons. The third-order valence-corrected chi connectivity index (χ3v) is 2.78. The van der Waals surface area contributed by atoms with Crippen LogP contribution in [-0.4, -0.2) is 23.1 Å². The quantitative estimate of drug-likeness (QED) is 0.750. The number of aromatic nitrogens is 1. The van der Waals surface area contributed by atoms with Gasteiger partial charge in [0.05, 0.1) is 0 Å². The van der Waals surface area contributed by atoms with Crippen molar-refractivity contribution in [2.24, 2.45) is 5.73 Å². The van der Waals surface area contributed by atoms with E-state index in [0.29, 0.717) is 11.7 Å². The van der Waals surface area contributed by atoms with Crippen LogP contribution < -0.4 is 11.1 Å². The van der Waals surface area contributed by atoms with E-state index in [-0.39, 0.29) is 11.9 Å². The number of carbonyl (C=O) groups is 1. The number of nitrogens with one attached hydrogen (secondary N) is 1. The molecule has 0 radical (unpaired) electrons. The largest absolute Gasteiger partial charge is 0.364 e. The van der Waals surface area contributed by atoms with Crippen LogP contribution in [0, 0.1) is 0 Å². The minimum Gasteiger partial charge on any atom is -0.364 e. The first-order chi connectivity index (χ1) is 7.25. The average molecular weight is 209 g/mol. The van der Waals surface area contributed by atoms with Crippen molar-refractivity contribution in [3.8, 4) is 0 Å². The van der Waals surface area contributed by atoms with Crippen LogP contribution in [0.15, 0.2) is 16.9 Å². The first-order valence-corrected chi connectivity index (χ1v) is 5.22. The highest BCUT2D eigenvalue weighted by Gasteiger charge is 2.21.